The number of hydrogen-bond donors (Lipinski definition) is 1. The van der Waals surface area contributed by atoms with E-state index in [1.165, 1.54) is 12.8 Å². The van der Waals surface area contributed by atoms with Crippen LogP contribution in [0.1, 0.15) is 26.7 Å². The van der Waals surface area contributed by atoms with Crippen molar-refractivity contribution in [2.45, 2.75) is 32.2 Å². The van der Waals surface area contributed by atoms with Crippen molar-refractivity contribution in [2.24, 2.45) is 0 Å². The molecule has 1 saturated heterocycles. The van der Waals surface area contributed by atoms with E-state index >= 15 is 0 Å². The molecule has 82 valence electrons. The highest BCUT2D eigenvalue weighted by Crippen LogP contribution is 2.37. The number of hydrogen-bond acceptors (Lipinski definition) is 2. The van der Waals surface area contributed by atoms with E-state index in [9.17, 15) is 0 Å². The fourth-order valence-electron chi connectivity index (χ4n) is 2.30. The lowest BCUT2D eigenvalue weighted by Gasteiger charge is -2.34. The predicted molar refractivity (Wildman–Crippen MR) is 69.2 cm³/mol. The minimum absolute atomic E-state index is 0.231. The van der Waals surface area contributed by atoms with Gasteiger partial charge in [-0.3, -0.25) is 0 Å². The largest absolute Gasteiger partial charge is 0.397 e. The average molecular weight is 269 g/mol. The normalized spacial score (nSPS) is 19.5. The van der Waals surface area contributed by atoms with Gasteiger partial charge < -0.3 is 10.6 Å². The second-order valence-electron chi connectivity index (χ2n) is 4.77. The Kier molecular flexibility index (Phi) is 2.67. The number of nitrogen functional groups attached to an aromatic ring is 1. The van der Waals surface area contributed by atoms with E-state index in [0.717, 1.165) is 22.4 Å². The number of benzene rings is 1. The highest BCUT2D eigenvalue weighted by Gasteiger charge is 2.32. The number of halogens is 1. The maximum Gasteiger partial charge on any atom is 0.0615 e. The van der Waals surface area contributed by atoms with Crippen LogP contribution in [0, 0.1) is 0 Å². The van der Waals surface area contributed by atoms with Crippen molar-refractivity contribution < 1.29 is 0 Å². The Morgan fingerprint density at radius 2 is 2.13 bits per heavy atom. The number of nitrogens with two attached hydrogens (primary N) is 1. The van der Waals surface area contributed by atoms with Crippen molar-refractivity contribution >= 4 is 27.3 Å². The van der Waals surface area contributed by atoms with Crippen molar-refractivity contribution in [1.29, 1.82) is 0 Å². The summed E-state index contributed by atoms with van der Waals surface area (Å²) >= 11 is 3.50. The molecule has 2 nitrogen and oxygen atoms in total. The van der Waals surface area contributed by atoms with E-state index in [1.54, 1.807) is 0 Å². The minimum atomic E-state index is 0.231. The van der Waals surface area contributed by atoms with Crippen LogP contribution in [0.3, 0.4) is 0 Å². The van der Waals surface area contributed by atoms with Crippen molar-refractivity contribution in [3.05, 3.63) is 22.7 Å². The third-order valence-electron chi connectivity index (χ3n) is 3.18. The summed E-state index contributed by atoms with van der Waals surface area (Å²) in [5, 5.41) is 0. The first-order chi connectivity index (χ1) is 7.00. The van der Waals surface area contributed by atoms with Crippen molar-refractivity contribution in [3.63, 3.8) is 0 Å². The molecule has 1 aliphatic rings. The van der Waals surface area contributed by atoms with Gasteiger partial charge in [-0.15, -0.1) is 0 Å². The molecule has 1 fully saturated rings. The lowest BCUT2D eigenvalue weighted by molar-refractivity contribution is 0.518. The standard InChI is InChI=1S/C12H17BrN2/c1-12(2)6-3-7-15(12)11-8-9(13)4-5-10(11)14/h4-5,8H,3,6-7,14H2,1-2H3. The van der Waals surface area contributed by atoms with Gasteiger partial charge >= 0.3 is 0 Å². The molecule has 0 bridgehead atoms. The number of rotatable bonds is 1. The second-order valence-corrected chi connectivity index (χ2v) is 5.69. The molecule has 0 atom stereocenters. The molecule has 0 unspecified atom stereocenters. The molecule has 15 heavy (non-hydrogen) atoms. The lowest BCUT2D eigenvalue weighted by atomic mass is 10.0. The molecule has 2 rings (SSSR count). The maximum atomic E-state index is 6.03. The van der Waals surface area contributed by atoms with Crippen molar-refractivity contribution in [2.75, 3.05) is 17.2 Å². The summed E-state index contributed by atoms with van der Waals surface area (Å²) in [5.74, 6) is 0. The molecule has 0 spiro atoms. The fourth-order valence-corrected chi connectivity index (χ4v) is 2.65. The Morgan fingerprint density at radius 1 is 1.40 bits per heavy atom. The molecule has 0 aromatic heterocycles. The van der Waals surface area contributed by atoms with Gasteiger partial charge in [-0.2, -0.15) is 0 Å². The first kappa shape index (κ1) is 10.8. The van der Waals surface area contributed by atoms with E-state index in [0.29, 0.717) is 0 Å². The van der Waals surface area contributed by atoms with Crippen LogP contribution in [0.4, 0.5) is 11.4 Å². The summed E-state index contributed by atoms with van der Waals surface area (Å²) in [7, 11) is 0. The molecule has 2 N–H and O–H groups in total. The first-order valence-electron chi connectivity index (χ1n) is 5.33. The number of nitrogens with zero attached hydrogens (tertiary/aromatic N) is 1. The lowest BCUT2D eigenvalue weighted by Crippen LogP contribution is -2.38. The van der Waals surface area contributed by atoms with Gasteiger partial charge in [0, 0.05) is 16.6 Å². The topological polar surface area (TPSA) is 29.3 Å². The van der Waals surface area contributed by atoms with Crippen LogP contribution in [-0.2, 0) is 0 Å². The third kappa shape index (κ3) is 1.98. The molecule has 0 aliphatic carbocycles. The Bertz CT molecular complexity index is 374. The van der Waals surface area contributed by atoms with E-state index < -0.39 is 0 Å². The summed E-state index contributed by atoms with van der Waals surface area (Å²) in [5.41, 5.74) is 8.29. The van der Waals surface area contributed by atoms with E-state index in [1.807, 2.05) is 12.1 Å². The average Bonchev–Trinajstić information content (AvgIpc) is 2.50. The summed E-state index contributed by atoms with van der Waals surface area (Å²) in [6.45, 7) is 5.66. The Labute approximate surface area is 99.6 Å². The molecule has 3 heteroatoms. The third-order valence-corrected chi connectivity index (χ3v) is 3.68. The molecular formula is C12H17BrN2. The summed E-state index contributed by atoms with van der Waals surface area (Å²) in [6, 6.07) is 6.07. The van der Waals surface area contributed by atoms with Crippen molar-refractivity contribution in [1.82, 2.24) is 0 Å². The van der Waals surface area contributed by atoms with Gasteiger partial charge in [-0.25, -0.2) is 0 Å². The molecular weight excluding hydrogens is 252 g/mol. The van der Waals surface area contributed by atoms with E-state index in [2.05, 4.69) is 40.7 Å². The fraction of sp³-hybridized carbons (Fsp3) is 0.500. The second kappa shape index (κ2) is 3.71. The molecule has 1 heterocycles. The molecule has 0 saturated carbocycles. The summed E-state index contributed by atoms with van der Waals surface area (Å²) in [4.78, 5) is 2.41. The Balaban J connectivity index is 2.40. The van der Waals surface area contributed by atoms with Crippen LogP contribution in [-0.4, -0.2) is 12.1 Å². The highest BCUT2D eigenvalue weighted by atomic mass is 79.9. The zero-order valence-electron chi connectivity index (χ0n) is 9.26. The SMILES string of the molecule is CC1(C)CCCN1c1cc(Br)ccc1N. The monoisotopic (exact) mass is 268 g/mol. The van der Waals surface area contributed by atoms with Crippen LogP contribution in [0.2, 0.25) is 0 Å². The van der Waals surface area contributed by atoms with Gasteiger partial charge in [0.1, 0.15) is 0 Å². The van der Waals surface area contributed by atoms with Crippen LogP contribution >= 0.6 is 15.9 Å². The van der Waals surface area contributed by atoms with Crippen LogP contribution in [0.25, 0.3) is 0 Å². The van der Waals surface area contributed by atoms with Crippen LogP contribution < -0.4 is 10.6 Å². The van der Waals surface area contributed by atoms with Gasteiger partial charge in [0.2, 0.25) is 0 Å². The highest BCUT2D eigenvalue weighted by molar-refractivity contribution is 9.10. The summed E-state index contributed by atoms with van der Waals surface area (Å²) < 4.78 is 1.09. The Morgan fingerprint density at radius 3 is 2.73 bits per heavy atom. The molecule has 1 aliphatic heterocycles. The predicted octanol–water partition coefficient (Wildman–Crippen LogP) is 3.41. The molecule has 0 radical (unpaired) electrons. The van der Waals surface area contributed by atoms with Crippen LogP contribution in [0.5, 0.6) is 0 Å². The van der Waals surface area contributed by atoms with Gasteiger partial charge in [-0.1, -0.05) is 15.9 Å². The van der Waals surface area contributed by atoms with Crippen molar-refractivity contribution in [3.8, 4) is 0 Å². The summed E-state index contributed by atoms with van der Waals surface area (Å²) in [6.07, 6.45) is 2.48. The smallest absolute Gasteiger partial charge is 0.0615 e. The van der Waals surface area contributed by atoms with Gasteiger partial charge in [0.15, 0.2) is 0 Å². The van der Waals surface area contributed by atoms with Gasteiger partial charge in [0.25, 0.3) is 0 Å². The van der Waals surface area contributed by atoms with Crippen LogP contribution in [0.15, 0.2) is 22.7 Å². The zero-order valence-corrected chi connectivity index (χ0v) is 10.8. The molecule has 1 aromatic carbocycles. The maximum absolute atomic E-state index is 6.03. The van der Waals surface area contributed by atoms with E-state index in [4.69, 9.17) is 5.73 Å². The first-order valence-corrected chi connectivity index (χ1v) is 6.13. The van der Waals surface area contributed by atoms with Gasteiger partial charge in [-0.05, 0) is 44.9 Å². The Hall–Kier alpha value is -0.700. The molecule has 0 amide bonds. The quantitative estimate of drug-likeness (QED) is 0.791. The van der Waals surface area contributed by atoms with Gasteiger partial charge in [0.05, 0.1) is 11.4 Å². The molecule has 1 aromatic rings. The van der Waals surface area contributed by atoms with E-state index in [-0.39, 0.29) is 5.54 Å². The number of anilines is 2. The minimum Gasteiger partial charge on any atom is -0.397 e. The zero-order chi connectivity index (χ0) is 11.1.